The summed E-state index contributed by atoms with van der Waals surface area (Å²) in [5.74, 6) is 0. The highest BCUT2D eigenvalue weighted by Gasteiger charge is 2.12. The molecule has 0 saturated heterocycles. The Morgan fingerprint density at radius 3 is 2.60 bits per heavy atom. The third-order valence-electron chi connectivity index (χ3n) is 3.27. The highest BCUT2D eigenvalue weighted by atomic mass is 16.2. The summed E-state index contributed by atoms with van der Waals surface area (Å²) in [5, 5.41) is 9.74. The Morgan fingerprint density at radius 2 is 2.05 bits per heavy atom. The minimum absolute atomic E-state index is 0.111. The van der Waals surface area contributed by atoms with Gasteiger partial charge in [0.2, 0.25) is 0 Å². The third-order valence-corrected chi connectivity index (χ3v) is 3.27. The van der Waals surface area contributed by atoms with Crippen LogP contribution in [0.2, 0.25) is 0 Å². The summed E-state index contributed by atoms with van der Waals surface area (Å²) in [5.41, 5.74) is 3.54. The Bertz CT molecular complexity index is 603. The molecule has 2 N–H and O–H groups in total. The molecule has 2 heterocycles. The number of amides is 2. The van der Waals surface area contributed by atoms with Gasteiger partial charge in [-0.05, 0) is 32.4 Å². The van der Waals surface area contributed by atoms with E-state index in [2.05, 4.69) is 20.7 Å². The van der Waals surface area contributed by atoms with Crippen LogP contribution in [0.3, 0.4) is 0 Å². The summed E-state index contributed by atoms with van der Waals surface area (Å²) in [6.45, 7) is 5.75. The molecule has 0 saturated carbocycles. The molecule has 0 aromatic carbocycles. The van der Waals surface area contributed by atoms with Crippen LogP contribution in [0, 0.1) is 13.8 Å². The lowest BCUT2D eigenvalue weighted by Gasteiger charge is -2.14. The largest absolute Gasteiger partial charge is 0.331 e. The molecule has 20 heavy (non-hydrogen) atoms. The van der Waals surface area contributed by atoms with Crippen LogP contribution < -0.4 is 10.6 Å². The highest BCUT2D eigenvalue weighted by molar-refractivity contribution is 5.89. The van der Waals surface area contributed by atoms with E-state index >= 15 is 0 Å². The number of urea groups is 1. The van der Waals surface area contributed by atoms with E-state index in [4.69, 9.17) is 0 Å². The number of pyridine rings is 1. The van der Waals surface area contributed by atoms with E-state index in [1.807, 2.05) is 40.0 Å². The van der Waals surface area contributed by atoms with Crippen molar-refractivity contribution in [1.82, 2.24) is 20.1 Å². The number of carbonyl (C=O) groups excluding carboxylic acids is 1. The number of hydrogen-bond donors (Lipinski definition) is 2. The van der Waals surface area contributed by atoms with E-state index in [-0.39, 0.29) is 12.1 Å². The molecule has 2 rings (SSSR count). The second-order valence-corrected chi connectivity index (χ2v) is 4.82. The first-order valence-electron chi connectivity index (χ1n) is 6.46. The van der Waals surface area contributed by atoms with Gasteiger partial charge in [-0.15, -0.1) is 0 Å². The lowest BCUT2D eigenvalue weighted by molar-refractivity contribution is 0.249. The molecule has 0 bridgehead atoms. The van der Waals surface area contributed by atoms with E-state index < -0.39 is 0 Å². The van der Waals surface area contributed by atoms with Crippen LogP contribution in [0.1, 0.15) is 29.9 Å². The average Bonchev–Trinajstić information content (AvgIpc) is 2.71. The molecule has 0 fully saturated rings. The van der Waals surface area contributed by atoms with Crippen molar-refractivity contribution < 1.29 is 4.79 Å². The van der Waals surface area contributed by atoms with Gasteiger partial charge in [-0.25, -0.2) is 4.79 Å². The molecule has 6 heteroatoms. The van der Waals surface area contributed by atoms with Crippen molar-refractivity contribution in [3.8, 4) is 0 Å². The maximum atomic E-state index is 11.9. The third kappa shape index (κ3) is 3.14. The predicted octanol–water partition coefficient (Wildman–Crippen LogP) is 2.31. The maximum Gasteiger partial charge on any atom is 0.319 e. The zero-order valence-electron chi connectivity index (χ0n) is 12.1. The molecule has 1 atom stereocenters. The van der Waals surface area contributed by atoms with Crippen LogP contribution in [0.5, 0.6) is 0 Å². The number of aryl methyl sites for hydroxylation is 2. The van der Waals surface area contributed by atoms with E-state index in [0.717, 1.165) is 17.0 Å². The fourth-order valence-electron chi connectivity index (χ4n) is 1.80. The lowest BCUT2D eigenvalue weighted by Crippen LogP contribution is -2.31. The number of nitrogens with one attached hydrogen (secondary N) is 2. The molecule has 2 aromatic rings. The summed E-state index contributed by atoms with van der Waals surface area (Å²) < 4.78 is 1.71. The number of nitrogens with zero attached hydrogens (tertiary/aromatic N) is 3. The quantitative estimate of drug-likeness (QED) is 0.901. The molecule has 0 spiro atoms. The van der Waals surface area contributed by atoms with Gasteiger partial charge in [-0.3, -0.25) is 9.67 Å². The molecule has 2 aromatic heterocycles. The molecule has 2 amide bonds. The topological polar surface area (TPSA) is 71.8 Å². The average molecular weight is 273 g/mol. The fourth-order valence-corrected chi connectivity index (χ4v) is 1.80. The Labute approximate surface area is 118 Å². The molecular formula is C14H19N5O. The molecule has 0 unspecified atom stereocenters. The number of carbonyl (C=O) groups is 1. The Morgan fingerprint density at radius 1 is 1.30 bits per heavy atom. The Balaban J connectivity index is 1.97. The zero-order chi connectivity index (χ0) is 14.7. The van der Waals surface area contributed by atoms with Gasteiger partial charge in [0, 0.05) is 18.9 Å². The maximum absolute atomic E-state index is 11.9. The lowest BCUT2D eigenvalue weighted by atomic mass is 10.1. The van der Waals surface area contributed by atoms with Crippen molar-refractivity contribution in [3.63, 3.8) is 0 Å². The summed E-state index contributed by atoms with van der Waals surface area (Å²) in [6.07, 6.45) is 3.41. The smallest absolute Gasteiger partial charge is 0.319 e. The van der Waals surface area contributed by atoms with Gasteiger partial charge in [-0.1, -0.05) is 6.07 Å². The van der Waals surface area contributed by atoms with Gasteiger partial charge < -0.3 is 10.6 Å². The van der Waals surface area contributed by atoms with Gasteiger partial charge in [0.25, 0.3) is 0 Å². The van der Waals surface area contributed by atoms with Crippen molar-refractivity contribution >= 4 is 11.7 Å². The standard InChI is InChI=1S/C14H19N5O/c1-9-5-6-12(7-15-9)10(2)17-14(20)18-13-8-16-19(4)11(13)3/h5-8,10H,1-4H3,(H2,17,18,20)/t10-/m1/s1. The predicted molar refractivity (Wildman–Crippen MR) is 77.5 cm³/mol. The molecule has 0 aliphatic carbocycles. The minimum atomic E-state index is -0.255. The molecule has 0 aliphatic heterocycles. The SMILES string of the molecule is Cc1ccc([C@@H](C)NC(=O)Nc2cnn(C)c2C)cn1. The first-order valence-corrected chi connectivity index (χ1v) is 6.46. The monoisotopic (exact) mass is 273 g/mol. The van der Waals surface area contributed by atoms with Gasteiger partial charge >= 0.3 is 6.03 Å². The van der Waals surface area contributed by atoms with Crippen LogP contribution in [0.25, 0.3) is 0 Å². The molecule has 0 radical (unpaired) electrons. The summed E-state index contributed by atoms with van der Waals surface area (Å²) in [4.78, 5) is 16.2. The molecular weight excluding hydrogens is 254 g/mol. The normalized spacial score (nSPS) is 12.0. The van der Waals surface area contributed by atoms with Gasteiger partial charge in [0.05, 0.1) is 23.6 Å². The van der Waals surface area contributed by atoms with E-state index in [1.54, 1.807) is 17.1 Å². The number of aromatic nitrogens is 3. The van der Waals surface area contributed by atoms with Crippen LogP contribution in [-0.2, 0) is 7.05 Å². The Kier molecular flexibility index (Phi) is 4.02. The molecule has 106 valence electrons. The van der Waals surface area contributed by atoms with Gasteiger partial charge in [0.15, 0.2) is 0 Å². The zero-order valence-corrected chi connectivity index (χ0v) is 12.1. The van der Waals surface area contributed by atoms with Crippen LogP contribution >= 0.6 is 0 Å². The fraction of sp³-hybridized carbons (Fsp3) is 0.357. The van der Waals surface area contributed by atoms with E-state index in [9.17, 15) is 4.79 Å². The van der Waals surface area contributed by atoms with Gasteiger partial charge in [0.1, 0.15) is 0 Å². The summed E-state index contributed by atoms with van der Waals surface area (Å²) in [7, 11) is 1.83. The van der Waals surface area contributed by atoms with Crippen molar-refractivity contribution in [2.75, 3.05) is 5.32 Å². The first kappa shape index (κ1) is 14.0. The highest BCUT2D eigenvalue weighted by Crippen LogP contribution is 2.14. The van der Waals surface area contributed by atoms with Crippen LogP contribution in [-0.4, -0.2) is 20.8 Å². The van der Waals surface area contributed by atoms with E-state index in [1.165, 1.54) is 0 Å². The summed E-state index contributed by atoms with van der Waals surface area (Å²) >= 11 is 0. The number of hydrogen-bond acceptors (Lipinski definition) is 3. The van der Waals surface area contributed by atoms with Crippen molar-refractivity contribution in [1.29, 1.82) is 0 Å². The summed E-state index contributed by atoms with van der Waals surface area (Å²) in [6, 6.07) is 3.52. The molecule has 0 aliphatic rings. The second kappa shape index (κ2) is 5.73. The number of anilines is 1. The molecule has 6 nitrogen and oxygen atoms in total. The second-order valence-electron chi connectivity index (χ2n) is 4.82. The van der Waals surface area contributed by atoms with Crippen molar-refractivity contribution in [2.24, 2.45) is 7.05 Å². The Hall–Kier alpha value is -2.37. The van der Waals surface area contributed by atoms with Gasteiger partial charge in [-0.2, -0.15) is 5.10 Å². The van der Waals surface area contributed by atoms with Crippen LogP contribution in [0.4, 0.5) is 10.5 Å². The van der Waals surface area contributed by atoms with Crippen molar-refractivity contribution in [2.45, 2.75) is 26.8 Å². The van der Waals surface area contributed by atoms with E-state index in [0.29, 0.717) is 5.69 Å². The van der Waals surface area contributed by atoms with Crippen molar-refractivity contribution in [3.05, 3.63) is 41.5 Å². The van der Waals surface area contributed by atoms with Crippen LogP contribution in [0.15, 0.2) is 24.5 Å². The first-order chi connectivity index (χ1) is 9.47. The minimum Gasteiger partial charge on any atom is -0.331 e. The number of rotatable bonds is 3.